The maximum absolute atomic E-state index is 15.2. The molecule has 1 unspecified atom stereocenters. The molecular formula is C107H192F2N2O4. The minimum atomic E-state index is -0.817. The molecule has 8 heteroatoms. The SMILES string of the molecule is O=C(O)N1CCCCCCCCCCCCCCCCCCCCCCCCCCCCCCCCCCCCCCCC2(CCCCCCCCCCCCCCCCCCCCCCCCCCCCCCCCCCCCCCCCCCCCCC23OCCO3)CN(C(c2ccc(F)cc2)c2ccc(F)cc2)CCCC1. The van der Waals surface area contributed by atoms with Crippen LogP contribution in [0.15, 0.2) is 48.5 Å². The highest BCUT2D eigenvalue weighted by atomic mass is 19.1. The van der Waals surface area contributed by atoms with E-state index in [2.05, 4.69) is 4.90 Å². The minimum absolute atomic E-state index is 0.260. The van der Waals surface area contributed by atoms with Crippen molar-refractivity contribution in [2.24, 2.45) is 5.41 Å². The van der Waals surface area contributed by atoms with Crippen LogP contribution in [0.5, 0.6) is 0 Å². The third-order valence-electron chi connectivity index (χ3n) is 27.9. The zero-order valence-corrected chi connectivity index (χ0v) is 76.4. The highest BCUT2D eigenvalue weighted by Crippen LogP contribution is 2.52. The fourth-order valence-electron chi connectivity index (χ4n) is 20.5. The number of fused-ring (bicyclic) bond motifs is 1. The Morgan fingerprint density at radius 1 is 0.252 bits per heavy atom. The average molecular weight is 1610 g/mol. The second-order valence-electron chi connectivity index (χ2n) is 38.2. The van der Waals surface area contributed by atoms with Gasteiger partial charge in [0.2, 0.25) is 0 Å². The van der Waals surface area contributed by atoms with Crippen molar-refractivity contribution < 1.29 is 28.2 Å². The van der Waals surface area contributed by atoms with E-state index < -0.39 is 11.9 Å². The van der Waals surface area contributed by atoms with Gasteiger partial charge in [-0.2, -0.15) is 0 Å². The van der Waals surface area contributed by atoms with Crippen LogP contribution in [0.2, 0.25) is 0 Å². The number of ether oxygens (including phenoxy) is 2. The van der Waals surface area contributed by atoms with Crippen LogP contribution < -0.4 is 0 Å². The van der Waals surface area contributed by atoms with Crippen molar-refractivity contribution in [3.63, 3.8) is 0 Å². The molecule has 2 aliphatic heterocycles. The molecule has 0 radical (unpaired) electrons. The molecule has 1 atom stereocenters. The van der Waals surface area contributed by atoms with Gasteiger partial charge in [-0.1, -0.05) is 525 Å². The summed E-state index contributed by atoms with van der Waals surface area (Å²) >= 11 is 0. The van der Waals surface area contributed by atoms with Crippen LogP contribution in [0.4, 0.5) is 13.6 Å². The Bertz CT molecular complexity index is 2300. The molecule has 2 spiro atoms. The molecule has 115 heavy (non-hydrogen) atoms. The molecular weight excluding hydrogens is 1420 g/mol. The standard InChI is InChI=1S/C107H192F2N2O4/c108-102-87-83-100(84-88-102)104(101-85-89-103(109)90-86-101)111-96-82-81-95-110(105(112)113)94-80-76-72-68-64-60-56-52-48-44-40-36-32-28-24-20-16-12-8-10-14-18-22-26-30-34-38-42-46-50-54-58-62-66-70-74-78-92-106(99-111)91-77-73-69-65-61-57-53-49-45-41-37-33-29-25-21-17-13-9-6-4-2-1-3-5-7-11-15-19-23-27-31-35-39-43-47-51-55-59-63-67-71-75-79-93-107(106)114-97-98-115-107/h83-90,104H,1-82,91-99H2,(H,112,113). The smallest absolute Gasteiger partial charge is 0.407 e. The number of carboxylic acid groups (broad SMARTS) is 1. The maximum Gasteiger partial charge on any atom is 0.407 e. The van der Waals surface area contributed by atoms with E-state index >= 15 is 8.78 Å². The van der Waals surface area contributed by atoms with Crippen molar-refractivity contribution in [3.05, 3.63) is 71.3 Å². The summed E-state index contributed by atoms with van der Waals surface area (Å²) in [7, 11) is 0. The van der Waals surface area contributed by atoms with E-state index in [-0.39, 0.29) is 23.1 Å². The summed E-state index contributed by atoms with van der Waals surface area (Å²) in [5.41, 5.74) is 1.63. The first-order valence-corrected chi connectivity index (χ1v) is 52.4. The summed E-state index contributed by atoms with van der Waals surface area (Å²) < 4.78 is 45.4. The lowest BCUT2D eigenvalue weighted by Crippen LogP contribution is -2.56. The molecule has 668 valence electrons. The molecule has 3 fully saturated rings. The van der Waals surface area contributed by atoms with Gasteiger partial charge in [0.25, 0.3) is 0 Å². The second-order valence-corrected chi connectivity index (χ2v) is 38.2. The summed E-state index contributed by atoms with van der Waals surface area (Å²) in [6.45, 7) is 3.73. The molecule has 3 aliphatic rings. The minimum Gasteiger partial charge on any atom is -0.465 e. The van der Waals surface area contributed by atoms with Crippen LogP contribution in [0, 0.1) is 17.0 Å². The molecule has 1 saturated carbocycles. The molecule has 1 N–H and O–H groups in total. The molecule has 1 amide bonds. The third-order valence-corrected chi connectivity index (χ3v) is 27.9. The first kappa shape index (κ1) is 103. The van der Waals surface area contributed by atoms with Crippen LogP contribution in [0.1, 0.15) is 563 Å². The van der Waals surface area contributed by atoms with E-state index in [0.29, 0.717) is 32.8 Å². The zero-order chi connectivity index (χ0) is 81.0. The van der Waals surface area contributed by atoms with Crippen LogP contribution in [-0.4, -0.2) is 66.2 Å². The van der Waals surface area contributed by atoms with Gasteiger partial charge in [0.05, 0.1) is 19.3 Å². The summed E-state index contributed by atoms with van der Waals surface area (Å²) in [6, 6.07) is 14.0. The van der Waals surface area contributed by atoms with E-state index in [1.165, 1.54) is 482 Å². The molecule has 0 aromatic heterocycles. The molecule has 2 aromatic carbocycles. The highest BCUT2D eigenvalue weighted by Gasteiger charge is 2.55. The monoisotopic (exact) mass is 1610 g/mol. The number of amides is 1. The summed E-state index contributed by atoms with van der Waals surface area (Å²) in [6.07, 6.45) is 113. The van der Waals surface area contributed by atoms with Crippen molar-refractivity contribution in [2.45, 2.75) is 558 Å². The predicted molar refractivity (Wildman–Crippen MR) is 495 cm³/mol. The molecule has 6 nitrogen and oxygen atoms in total. The largest absolute Gasteiger partial charge is 0.465 e. The van der Waals surface area contributed by atoms with Gasteiger partial charge in [-0.15, -0.1) is 0 Å². The van der Waals surface area contributed by atoms with Crippen molar-refractivity contribution in [1.29, 1.82) is 0 Å². The third kappa shape index (κ3) is 54.5. The number of hydrogen-bond donors (Lipinski definition) is 1. The fourth-order valence-corrected chi connectivity index (χ4v) is 20.5. The Kier molecular flexibility index (Phi) is 67.4. The van der Waals surface area contributed by atoms with Gasteiger partial charge in [0.15, 0.2) is 5.79 Å². The Balaban J connectivity index is 1.32. The van der Waals surface area contributed by atoms with Gasteiger partial charge in [-0.3, -0.25) is 4.90 Å². The number of rotatable bonds is 3. The molecule has 5 rings (SSSR count). The highest BCUT2D eigenvalue weighted by molar-refractivity contribution is 5.64. The van der Waals surface area contributed by atoms with Crippen LogP contribution >= 0.6 is 0 Å². The summed E-state index contributed by atoms with van der Waals surface area (Å²) in [5, 5.41) is 10.7. The molecule has 2 heterocycles. The van der Waals surface area contributed by atoms with Gasteiger partial charge in [-0.25, -0.2) is 13.6 Å². The van der Waals surface area contributed by atoms with E-state index in [4.69, 9.17) is 9.47 Å². The van der Waals surface area contributed by atoms with Crippen LogP contribution in [-0.2, 0) is 9.47 Å². The van der Waals surface area contributed by atoms with Crippen molar-refractivity contribution in [2.75, 3.05) is 39.4 Å². The number of benzene rings is 2. The van der Waals surface area contributed by atoms with Gasteiger partial charge < -0.3 is 19.5 Å². The Morgan fingerprint density at radius 3 is 0.635 bits per heavy atom. The van der Waals surface area contributed by atoms with E-state index in [1.54, 1.807) is 29.2 Å². The second kappa shape index (κ2) is 75.2. The fraction of sp³-hybridized carbons (Fsp3) is 0.879. The van der Waals surface area contributed by atoms with E-state index in [1.807, 2.05) is 24.3 Å². The van der Waals surface area contributed by atoms with Crippen LogP contribution in [0.3, 0.4) is 0 Å². The van der Waals surface area contributed by atoms with E-state index in [9.17, 15) is 9.90 Å². The number of hydrogen-bond acceptors (Lipinski definition) is 4. The van der Waals surface area contributed by atoms with Gasteiger partial charge in [0.1, 0.15) is 11.6 Å². The quantitative estimate of drug-likeness (QED) is 0.332. The zero-order valence-electron chi connectivity index (χ0n) is 76.4. The first-order valence-electron chi connectivity index (χ1n) is 52.4. The summed E-state index contributed by atoms with van der Waals surface area (Å²) in [4.78, 5) is 17.4. The molecule has 2 saturated heterocycles. The van der Waals surface area contributed by atoms with Crippen molar-refractivity contribution in [1.82, 2.24) is 9.80 Å². The normalized spacial score (nSPS) is 24.4. The predicted octanol–water partition coefficient (Wildman–Crippen LogP) is 36.3. The van der Waals surface area contributed by atoms with Gasteiger partial charge in [0, 0.05) is 31.5 Å². The van der Waals surface area contributed by atoms with Crippen molar-refractivity contribution in [3.8, 4) is 0 Å². The molecule has 2 aromatic rings. The molecule has 0 bridgehead atoms. The Morgan fingerprint density at radius 2 is 0.426 bits per heavy atom. The number of halogens is 2. The Labute approximate surface area is 713 Å². The topological polar surface area (TPSA) is 62.2 Å². The lowest BCUT2D eigenvalue weighted by molar-refractivity contribution is -0.255. The van der Waals surface area contributed by atoms with Crippen molar-refractivity contribution >= 4 is 6.09 Å². The van der Waals surface area contributed by atoms with Crippen LogP contribution in [0.25, 0.3) is 0 Å². The number of nitrogens with zero attached hydrogens (tertiary/aromatic N) is 2. The maximum atomic E-state index is 15.2. The average Bonchev–Trinajstić information content (AvgIpc) is 1.73. The first-order chi connectivity index (χ1) is 56.9. The Hall–Kier alpha value is -2.55. The summed E-state index contributed by atoms with van der Waals surface area (Å²) in [5.74, 6) is -1.28. The number of carbonyl (C=O) groups is 1. The van der Waals surface area contributed by atoms with E-state index in [0.717, 1.165) is 81.9 Å². The lowest BCUT2D eigenvalue weighted by atomic mass is 9.68. The molecule has 1 aliphatic carbocycles. The van der Waals surface area contributed by atoms with Gasteiger partial charge >= 0.3 is 6.09 Å². The van der Waals surface area contributed by atoms with Gasteiger partial charge in [-0.05, 0) is 80.5 Å². The lowest BCUT2D eigenvalue weighted by Gasteiger charge is -2.51.